The summed E-state index contributed by atoms with van der Waals surface area (Å²) in [6, 6.07) is 9.21. The fourth-order valence-corrected chi connectivity index (χ4v) is 0.910. The lowest BCUT2D eigenvalue weighted by atomic mass is 10.3. The van der Waals surface area contributed by atoms with Crippen molar-refractivity contribution < 1.29 is 29.6 Å². The number of aliphatic hydroxyl groups excluding tert-OH is 1. The van der Waals surface area contributed by atoms with Crippen molar-refractivity contribution in [1.29, 1.82) is 0 Å². The summed E-state index contributed by atoms with van der Waals surface area (Å²) in [6.07, 6.45) is -1.33. The van der Waals surface area contributed by atoms with Gasteiger partial charge >= 0.3 is 11.9 Å². The van der Waals surface area contributed by atoms with Gasteiger partial charge in [0.15, 0.2) is 6.29 Å². The molecule has 0 amide bonds. The summed E-state index contributed by atoms with van der Waals surface area (Å²) in [7, 11) is 0. The van der Waals surface area contributed by atoms with Gasteiger partial charge in [-0.2, -0.15) is 0 Å². The third kappa shape index (κ3) is 10.4. The molecule has 0 radical (unpaired) electrons. The molecular formula is C12H16O6. The maximum atomic E-state index is 9.64. The van der Waals surface area contributed by atoms with Crippen LogP contribution >= 0.6 is 0 Å². The van der Waals surface area contributed by atoms with Crippen molar-refractivity contribution in [3.05, 3.63) is 30.3 Å². The minimum atomic E-state index is -1.08. The Morgan fingerprint density at radius 1 is 1.11 bits per heavy atom. The van der Waals surface area contributed by atoms with Crippen LogP contribution in [0.1, 0.15) is 19.8 Å². The van der Waals surface area contributed by atoms with E-state index in [4.69, 9.17) is 20.1 Å². The molecule has 1 atom stereocenters. The van der Waals surface area contributed by atoms with Crippen molar-refractivity contribution in [1.82, 2.24) is 0 Å². The number of hydrogen-bond donors (Lipinski definition) is 3. The first-order chi connectivity index (χ1) is 8.41. The van der Waals surface area contributed by atoms with Crippen LogP contribution in [-0.4, -0.2) is 33.5 Å². The lowest BCUT2D eigenvalue weighted by Crippen LogP contribution is -2.08. The Kier molecular flexibility index (Phi) is 7.96. The lowest BCUT2D eigenvalue weighted by Gasteiger charge is -2.06. The zero-order chi connectivity index (χ0) is 14.0. The molecule has 1 aromatic carbocycles. The zero-order valence-corrected chi connectivity index (χ0v) is 9.94. The van der Waals surface area contributed by atoms with Gasteiger partial charge in [-0.1, -0.05) is 18.2 Å². The molecule has 6 nitrogen and oxygen atoms in total. The lowest BCUT2D eigenvalue weighted by molar-refractivity contribution is -0.143. The first-order valence-electron chi connectivity index (χ1n) is 5.25. The number of carbonyl (C=O) groups is 2. The van der Waals surface area contributed by atoms with Crippen LogP contribution in [0.3, 0.4) is 0 Å². The van der Waals surface area contributed by atoms with Crippen LogP contribution in [0.25, 0.3) is 0 Å². The maximum Gasteiger partial charge on any atom is 0.303 e. The van der Waals surface area contributed by atoms with E-state index >= 15 is 0 Å². The summed E-state index contributed by atoms with van der Waals surface area (Å²) in [5.41, 5.74) is 0. The van der Waals surface area contributed by atoms with Gasteiger partial charge in [-0.05, 0) is 19.1 Å². The first-order valence-corrected chi connectivity index (χ1v) is 5.25. The second kappa shape index (κ2) is 9.00. The monoisotopic (exact) mass is 256 g/mol. The molecule has 1 unspecified atom stereocenters. The second-order valence-corrected chi connectivity index (χ2v) is 3.32. The van der Waals surface area contributed by atoms with Gasteiger partial charge in [-0.15, -0.1) is 0 Å². The highest BCUT2D eigenvalue weighted by molar-refractivity contribution is 5.75. The van der Waals surface area contributed by atoms with Crippen molar-refractivity contribution in [2.75, 3.05) is 0 Å². The molecule has 0 aliphatic heterocycles. The van der Waals surface area contributed by atoms with Gasteiger partial charge < -0.3 is 20.1 Å². The topological polar surface area (TPSA) is 104 Å². The third-order valence-corrected chi connectivity index (χ3v) is 1.60. The minimum Gasteiger partial charge on any atom is -0.481 e. The highest BCUT2D eigenvalue weighted by Crippen LogP contribution is 2.09. The number of rotatable bonds is 5. The SMILES string of the molecule is CC(O)Oc1ccccc1.O=C(O)CCC(=O)O. The maximum absolute atomic E-state index is 9.64. The molecular weight excluding hydrogens is 240 g/mol. The number of ether oxygens (including phenoxy) is 1. The number of para-hydroxylation sites is 1. The van der Waals surface area contributed by atoms with E-state index in [0.29, 0.717) is 5.75 Å². The number of aliphatic hydroxyl groups is 1. The van der Waals surface area contributed by atoms with E-state index in [1.807, 2.05) is 18.2 Å². The molecule has 18 heavy (non-hydrogen) atoms. The Hall–Kier alpha value is -2.08. The van der Waals surface area contributed by atoms with Gasteiger partial charge in [0, 0.05) is 0 Å². The van der Waals surface area contributed by atoms with Crippen molar-refractivity contribution >= 4 is 11.9 Å². The van der Waals surface area contributed by atoms with Crippen LogP contribution in [0, 0.1) is 0 Å². The largest absolute Gasteiger partial charge is 0.481 e. The minimum absolute atomic E-state index is 0.296. The molecule has 0 aliphatic carbocycles. The standard InChI is InChI=1S/C8H10O2.C4H6O4/c1-7(9)10-8-5-3-2-4-6-8;5-3(6)1-2-4(7)8/h2-7,9H,1H3;1-2H2,(H,5,6)(H,7,8). The summed E-state index contributed by atoms with van der Waals surface area (Å²) in [4.78, 5) is 19.3. The molecule has 0 spiro atoms. The predicted octanol–water partition coefficient (Wildman–Crippen LogP) is 1.34. The van der Waals surface area contributed by atoms with E-state index in [0.717, 1.165) is 0 Å². The van der Waals surface area contributed by atoms with Gasteiger partial charge in [0.05, 0.1) is 12.8 Å². The van der Waals surface area contributed by atoms with E-state index < -0.39 is 18.2 Å². The molecule has 1 aromatic rings. The number of carboxylic acid groups (broad SMARTS) is 2. The number of aliphatic carboxylic acids is 2. The molecule has 0 aromatic heterocycles. The van der Waals surface area contributed by atoms with Crippen LogP contribution in [0.2, 0.25) is 0 Å². The molecule has 0 aliphatic rings. The van der Waals surface area contributed by atoms with E-state index in [-0.39, 0.29) is 12.8 Å². The second-order valence-electron chi connectivity index (χ2n) is 3.32. The summed E-state index contributed by atoms with van der Waals surface area (Å²) < 4.78 is 4.97. The van der Waals surface area contributed by atoms with Gasteiger partial charge in [0.1, 0.15) is 5.75 Å². The van der Waals surface area contributed by atoms with Gasteiger partial charge in [-0.3, -0.25) is 9.59 Å². The Balaban J connectivity index is 0.000000331. The van der Waals surface area contributed by atoms with Gasteiger partial charge in [0.2, 0.25) is 0 Å². The van der Waals surface area contributed by atoms with Crippen molar-refractivity contribution in [3.63, 3.8) is 0 Å². The van der Waals surface area contributed by atoms with E-state index in [9.17, 15) is 9.59 Å². The van der Waals surface area contributed by atoms with Crippen LogP contribution < -0.4 is 4.74 Å². The highest BCUT2D eigenvalue weighted by atomic mass is 16.6. The van der Waals surface area contributed by atoms with Gasteiger partial charge in [0.25, 0.3) is 0 Å². The smallest absolute Gasteiger partial charge is 0.303 e. The Bertz CT molecular complexity index is 346. The van der Waals surface area contributed by atoms with Crippen molar-refractivity contribution in [2.45, 2.75) is 26.1 Å². The summed E-state index contributed by atoms with van der Waals surface area (Å²) in [5.74, 6) is -1.46. The molecule has 0 saturated heterocycles. The summed E-state index contributed by atoms with van der Waals surface area (Å²) in [5, 5.41) is 24.6. The average Bonchev–Trinajstić information content (AvgIpc) is 2.28. The number of benzene rings is 1. The third-order valence-electron chi connectivity index (χ3n) is 1.60. The highest BCUT2D eigenvalue weighted by Gasteiger charge is 2.00. The Morgan fingerprint density at radius 2 is 1.56 bits per heavy atom. The van der Waals surface area contributed by atoms with Crippen molar-refractivity contribution in [3.8, 4) is 5.75 Å². The Labute approximate surface area is 104 Å². The molecule has 3 N–H and O–H groups in total. The average molecular weight is 256 g/mol. The number of carboxylic acids is 2. The molecule has 6 heteroatoms. The predicted molar refractivity (Wildman–Crippen MR) is 63.3 cm³/mol. The summed E-state index contributed by atoms with van der Waals surface area (Å²) in [6.45, 7) is 1.58. The van der Waals surface area contributed by atoms with E-state index in [2.05, 4.69) is 0 Å². The molecule has 0 heterocycles. The Morgan fingerprint density at radius 3 is 1.89 bits per heavy atom. The molecule has 0 saturated carbocycles. The fourth-order valence-electron chi connectivity index (χ4n) is 0.910. The zero-order valence-electron chi connectivity index (χ0n) is 9.94. The van der Waals surface area contributed by atoms with Crippen LogP contribution in [0.15, 0.2) is 30.3 Å². The molecule has 100 valence electrons. The van der Waals surface area contributed by atoms with E-state index in [1.54, 1.807) is 19.1 Å². The van der Waals surface area contributed by atoms with Crippen LogP contribution in [0.5, 0.6) is 5.75 Å². The normalized spacial score (nSPS) is 10.8. The molecule has 0 bridgehead atoms. The quantitative estimate of drug-likeness (QED) is 0.687. The van der Waals surface area contributed by atoms with E-state index in [1.165, 1.54) is 0 Å². The van der Waals surface area contributed by atoms with Crippen LogP contribution in [0.4, 0.5) is 0 Å². The van der Waals surface area contributed by atoms with Crippen LogP contribution in [-0.2, 0) is 9.59 Å². The fraction of sp³-hybridized carbons (Fsp3) is 0.333. The first kappa shape index (κ1) is 15.9. The van der Waals surface area contributed by atoms with Gasteiger partial charge in [-0.25, -0.2) is 0 Å². The number of hydrogen-bond acceptors (Lipinski definition) is 4. The molecule has 0 fully saturated rings. The molecule has 1 rings (SSSR count). The van der Waals surface area contributed by atoms with Crippen molar-refractivity contribution in [2.24, 2.45) is 0 Å². The summed E-state index contributed by atoms with van der Waals surface area (Å²) >= 11 is 0.